The molecule has 0 aromatic rings. The van der Waals surface area contributed by atoms with Gasteiger partial charge in [-0.25, -0.2) is 0 Å². The molecule has 0 aromatic carbocycles. The number of hydrogen-bond acceptors (Lipinski definition) is 3. The van der Waals surface area contributed by atoms with Gasteiger partial charge in [-0.15, -0.1) is 0 Å². The maximum absolute atomic E-state index is 11.8. The van der Waals surface area contributed by atoms with E-state index in [1.165, 1.54) is 12.8 Å². The average Bonchev–Trinajstić information content (AvgIpc) is 2.57. The first kappa shape index (κ1) is 20.1. The van der Waals surface area contributed by atoms with Crippen molar-refractivity contribution in [2.24, 2.45) is 5.41 Å². The summed E-state index contributed by atoms with van der Waals surface area (Å²) >= 11 is 1.61. The van der Waals surface area contributed by atoms with Crippen LogP contribution in [0.25, 0.3) is 0 Å². The van der Waals surface area contributed by atoms with Gasteiger partial charge in [0.15, 0.2) is 0 Å². The Morgan fingerprint density at radius 1 is 1.26 bits per heavy atom. The molecule has 1 atom stereocenters. The normalized spacial score (nSPS) is 17.5. The Kier molecular flexibility index (Phi) is 10.1. The van der Waals surface area contributed by atoms with Crippen LogP contribution < -0.4 is 0 Å². The zero-order valence-corrected chi connectivity index (χ0v) is 15.7. The van der Waals surface area contributed by atoms with Crippen LogP contribution in [0.15, 0.2) is 36.5 Å². The third-order valence-electron chi connectivity index (χ3n) is 4.20. The molecule has 0 N–H and O–H groups in total. The largest absolute Gasteiger partial charge is 0.465 e. The number of carbonyl (C=O) groups excluding carboxylic acids is 1. The molecule has 0 aliphatic heterocycles. The first-order chi connectivity index (χ1) is 11.2. The Balaban J connectivity index is 2.35. The second kappa shape index (κ2) is 11.6. The van der Waals surface area contributed by atoms with E-state index in [1.54, 1.807) is 11.8 Å². The summed E-state index contributed by atoms with van der Waals surface area (Å²) in [5.41, 5.74) is 0.119. The molecule has 0 radical (unpaired) electrons. The van der Waals surface area contributed by atoms with E-state index < -0.39 is 0 Å². The van der Waals surface area contributed by atoms with Crippen molar-refractivity contribution in [2.45, 2.75) is 64.0 Å². The minimum atomic E-state index is -0.0551. The molecule has 3 heteroatoms. The van der Waals surface area contributed by atoms with Crippen LogP contribution in [0.5, 0.6) is 0 Å². The minimum absolute atomic E-state index is 0.00151. The first-order valence-electron chi connectivity index (χ1n) is 8.90. The monoisotopic (exact) mass is 336 g/mol. The molecule has 1 aliphatic carbocycles. The van der Waals surface area contributed by atoms with Crippen molar-refractivity contribution in [3.8, 4) is 0 Å². The quantitative estimate of drug-likeness (QED) is 0.275. The van der Waals surface area contributed by atoms with Gasteiger partial charge in [0.25, 0.3) is 0 Å². The molecule has 0 amide bonds. The van der Waals surface area contributed by atoms with Crippen LogP contribution in [0.1, 0.15) is 58.8 Å². The summed E-state index contributed by atoms with van der Waals surface area (Å²) in [6.07, 6.45) is 23.5. The van der Waals surface area contributed by atoms with Crippen molar-refractivity contribution in [2.75, 3.05) is 12.9 Å². The van der Waals surface area contributed by atoms with Gasteiger partial charge in [0.05, 0.1) is 6.61 Å². The number of hydrogen-bond donors (Lipinski definition) is 0. The molecule has 1 aliphatic rings. The molecule has 0 saturated heterocycles. The van der Waals surface area contributed by atoms with E-state index in [0.29, 0.717) is 6.61 Å². The second-order valence-electron chi connectivity index (χ2n) is 6.04. The van der Waals surface area contributed by atoms with Crippen molar-refractivity contribution < 1.29 is 9.53 Å². The fourth-order valence-corrected chi connectivity index (χ4v) is 3.58. The van der Waals surface area contributed by atoms with Crippen molar-refractivity contribution in [1.82, 2.24) is 0 Å². The predicted molar refractivity (Wildman–Crippen MR) is 102 cm³/mol. The Morgan fingerprint density at radius 3 is 2.61 bits per heavy atom. The number of rotatable bonds is 11. The maximum atomic E-state index is 11.8. The summed E-state index contributed by atoms with van der Waals surface area (Å²) in [5, 5.41) is -0.00151. The van der Waals surface area contributed by atoms with Crippen LogP contribution in [0.4, 0.5) is 0 Å². The molecule has 1 unspecified atom stereocenters. The van der Waals surface area contributed by atoms with Gasteiger partial charge in [0.1, 0.15) is 5.25 Å². The molecule has 0 saturated carbocycles. The standard InChI is InChI=1S/C20H32O2S/c1-4-6-14-20(16-11-8-12-17-20)15-10-7-9-13-18(23-3)19(21)22-5-2/h6,11-12,14,16-18H,4-5,7-10,13,15H2,1-3H3/b14-6-. The topological polar surface area (TPSA) is 26.3 Å². The highest BCUT2D eigenvalue weighted by atomic mass is 32.2. The van der Waals surface area contributed by atoms with Gasteiger partial charge in [-0.2, -0.15) is 11.8 Å². The molecule has 130 valence electrons. The molecular weight excluding hydrogens is 304 g/mol. The SMILES string of the molecule is CC/C=C\C1(CCCCCC(SC)C(=O)OCC)C=CCC=C1. The zero-order chi connectivity index (χ0) is 17.0. The molecule has 2 nitrogen and oxygen atoms in total. The molecule has 0 fully saturated rings. The number of ether oxygens (including phenoxy) is 1. The van der Waals surface area contributed by atoms with Gasteiger partial charge in [0.2, 0.25) is 0 Å². The summed E-state index contributed by atoms with van der Waals surface area (Å²) in [5.74, 6) is -0.0551. The van der Waals surface area contributed by atoms with Crippen molar-refractivity contribution in [3.05, 3.63) is 36.5 Å². The summed E-state index contributed by atoms with van der Waals surface area (Å²) < 4.78 is 5.12. The molecule has 23 heavy (non-hydrogen) atoms. The second-order valence-corrected chi connectivity index (χ2v) is 7.08. The molecule has 0 aromatic heterocycles. The molecular formula is C20H32O2S. The smallest absolute Gasteiger partial charge is 0.319 e. The van der Waals surface area contributed by atoms with Crippen LogP contribution >= 0.6 is 11.8 Å². The molecule has 1 rings (SSSR count). The number of unbranched alkanes of at least 4 members (excludes halogenated alkanes) is 2. The predicted octanol–water partition coefficient (Wildman–Crippen LogP) is 5.70. The Morgan fingerprint density at radius 2 is 2.00 bits per heavy atom. The summed E-state index contributed by atoms with van der Waals surface area (Å²) in [6.45, 7) is 4.52. The van der Waals surface area contributed by atoms with E-state index in [2.05, 4.69) is 43.4 Å². The van der Waals surface area contributed by atoms with Gasteiger partial charge in [-0.1, -0.05) is 62.6 Å². The molecule has 0 bridgehead atoms. The lowest BCUT2D eigenvalue weighted by molar-refractivity contribution is -0.142. The average molecular weight is 337 g/mol. The first-order valence-corrected chi connectivity index (χ1v) is 10.2. The number of esters is 1. The molecule has 0 spiro atoms. The fraction of sp³-hybridized carbons (Fsp3) is 0.650. The lowest BCUT2D eigenvalue weighted by Crippen LogP contribution is -2.20. The highest BCUT2D eigenvalue weighted by Gasteiger charge is 2.22. The summed E-state index contributed by atoms with van der Waals surface area (Å²) in [4.78, 5) is 11.8. The van der Waals surface area contributed by atoms with E-state index in [4.69, 9.17) is 4.74 Å². The fourth-order valence-electron chi connectivity index (χ4n) is 2.91. The Hall–Kier alpha value is -0.960. The van der Waals surface area contributed by atoms with Crippen molar-refractivity contribution in [1.29, 1.82) is 0 Å². The van der Waals surface area contributed by atoms with Crippen molar-refractivity contribution in [3.63, 3.8) is 0 Å². The number of carbonyl (C=O) groups is 1. The number of allylic oxidation sites excluding steroid dienone is 6. The van der Waals surface area contributed by atoms with Crippen LogP contribution in [-0.4, -0.2) is 24.1 Å². The lowest BCUT2D eigenvalue weighted by Gasteiger charge is -2.26. The summed E-state index contributed by atoms with van der Waals surface area (Å²) in [7, 11) is 0. The van der Waals surface area contributed by atoms with Crippen LogP contribution in [0.3, 0.4) is 0 Å². The Bertz CT molecular complexity index is 411. The van der Waals surface area contributed by atoms with Gasteiger partial charge in [-0.05, 0) is 38.9 Å². The molecule has 0 heterocycles. The highest BCUT2D eigenvalue weighted by Crippen LogP contribution is 2.34. The van der Waals surface area contributed by atoms with E-state index in [0.717, 1.165) is 32.1 Å². The van der Waals surface area contributed by atoms with E-state index >= 15 is 0 Å². The van der Waals surface area contributed by atoms with Crippen LogP contribution in [0, 0.1) is 5.41 Å². The van der Waals surface area contributed by atoms with Gasteiger partial charge in [0, 0.05) is 5.41 Å². The van der Waals surface area contributed by atoms with Gasteiger partial charge < -0.3 is 4.74 Å². The van der Waals surface area contributed by atoms with Crippen molar-refractivity contribution >= 4 is 17.7 Å². The van der Waals surface area contributed by atoms with E-state index in [9.17, 15) is 4.79 Å². The van der Waals surface area contributed by atoms with Crippen LogP contribution in [0.2, 0.25) is 0 Å². The van der Waals surface area contributed by atoms with Crippen LogP contribution in [-0.2, 0) is 9.53 Å². The minimum Gasteiger partial charge on any atom is -0.465 e. The maximum Gasteiger partial charge on any atom is 0.319 e. The Labute approximate surface area is 146 Å². The van der Waals surface area contributed by atoms with E-state index in [1.807, 2.05) is 13.2 Å². The van der Waals surface area contributed by atoms with Gasteiger partial charge >= 0.3 is 5.97 Å². The number of thioether (sulfide) groups is 1. The van der Waals surface area contributed by atoms with E-state index in [-0.39, 0.29) is 16.6 Å². The zero-order valence-electron chi connectivity index (χ0n) is 14.9. The van der Waals surface area contributed by atoms with Gasteiger partial charge in [-0.3, -0.25) is 4.79 Å². The highest BCUT2D eigenvalue weighted by molar-refractivity contribution is 7.99. The lowest BCUT2D eigenvalue weighted by atomic mass is 9.79. The third-order valence-corrected chi connectivity index (χ3v) is 5.20. The third kappa shape index (κ3) is 7.43. The summed E-state index contributed by atoms with van der Waals surface area (Å²) in [6, 6.07) is 0.